The summed E-state index contributed by atoms with van der Waals surface area (Å²) in [6.45, 7) is 0. The van der Waals surface area contributed by atoms with E-state index in [1.165, 1.54) is 0 Å². The molecule has 0 aliphatic heterocycles. The Balaban J connectivity index is 2.15. The van der Waals surface area contributed by atoms with Crippen molar-refractivity contribution in [1.82, 2.24) is 0 Å². The molecule has 0 radical (unpaired) electrons. The molecule has 1 aromatic rings. The number of nitriles is 1. The summed E-state index contributed by atoms with van der Waals surface area (Å²) in [6, 6.07) is 7.13. The normalized spacial score (nSPS) is 23.2. The molecule has 0 heterocycles. The van der Waals surface area contributed by atoms with Crippen LogP contribution in [-0.2, 0) is 0 Å². The van der Waals surface area contributed by atoms with E-state index >= 15 is 0 Å². The lowest BCUT2D eigenvalue weighted by molar-refractivity contribution is 0.00677. The number of aliphatic hydroxyl groups is 1. The van der Waals surface area contributed by atoms with Crippen molar-refractivity contribution in [1.29, 1.82) is 5.26 Å². The highest BCUT2D eigenvalue weighted by Gasteiger charge is 2.24. The lowest BCUT2D eigenvalue weighted by atomic mass is 9.95. The molecule has 96 valence electrons. The van der Waals surface area contributed by atoms with Crippen molar-refractivity contribution in [2.45, 2.75) is 37.9 Å². The van der Waals surface area contributed by atoms with E-state index in [-0.39, 0.29) is 6.10 Å². The minimum atomic E-state index is -0.421. The van der Waals surface area contributed by atoms with Gasteiger partial charge in [0.2, 0.25) is 0 Å². The van der Waals surface area contributed by atoms with Gasteiger partial charge >= 0.3 is 0 Å². The Kier molecular flexibility index (Phi) is 4.06. The maximum Gasteiger partial charge on any atom is 0.124 e. The Morgan fingerprint density at radius 2 is 1.94 bits per heavy atom. The number of hydrogen-bond donors (Lipinski definition) is 1. The molecule has 1 saturated carbocycles. The van der Waals surface area contributed by atoms with Gasteiger partial charge in [-0.15, -0.1) is 0 Å². The Labute approximate surface area is 107 Å². The maximum atomic E-state index is 9.86. The molecule has 0 spiro atoms. The van der Waals surface area contributed by atoms with Gasteiger partial charge in [0.15, 0.2) is 0 Å². The Bertz CT molecular complexity index is 453. The van der Waals surface area contributed by atoms with Gasteiger partial charge in [-0.3, -0.25) is 0 Å². The van der Waals surface area contributed by atoms with Crippen molar-refractivity contribution in [2.24, 2.45) is 0 Å². The number of benzene rings is 1. The number of aliphatic hydroxyl groups excluding tert-OH is 1. The molecule has 1 aliphatic carbocycles. The van der Waals surface area contributed by atoms with Crippen LogP contribution in [0.3, 0.4) is 0 Å². The molecule has 1 N–H and O–H groups in total. The highest BCUT2D eigenvalue weighted by molar-refractivity contribution is 5.43. The first-order valence-corrected chi connectivity index (χ1v) is 6.17. The van der Waals surface area contributed by atoms with Gasteiger partial charge in [0, 0.05) is 6.07 Å². The standard InChI is InChI=1S/C14H17NO3/c1-17-11-6-10(9-15)7-12(8-11)18-14-5-3-2-4-13(14)16/h6-8,13-14,16H,2-5H2,1H3/t13-,14-/m0/s1. The van der Waals surface area contributed by atoms with Crippen LogP contribution in [0.4, 0.5) is 0 Å². The monoisotopic (exact) mass is 247 g/mol. The maximum absolute atomic E-state index is 9.86. The molecule has 2 rings (SSSR count). The molecular formula is C14H17NO3. The topological polar surface area (TPSA) is 62.5 Å². The van der Waals surface area contributed by atoms with E-state index in [0.29, 0.717) is 17.1 Å². The van der Waals surface area contributed by atoms with Crippen LogP contribution in [0, 0.1) is 11.3 Å². The summed E-state index contributed by atoms with van der Waals surface area (Å²) in [5, 5.41) is 18.8. The SMILES string of the molecule is COc1cc(C#N)cc(O[C@H]2CCCC[C@@H]2O)c1. The second-order valence-electron chi connectivity index (χ2n) is 4.52. The van der Waals surface area contributed by atoms with Crippen LogP contribution in [0.25, 0.3) is 0 Å². The zero-order valence-corrected chi connectivity index (χ0v) is 10.4. The molecule has 4 nitrogen and oxygen atoms in total. The molecule has 0 amide bonds. The third kappa shape index (κ3) is 2.93. The fourth-order valence-corrected chi connectivity index (χ4v) is 2.21. The minimum Gasteiger partial charge on any atom is -0.497 e. The molecule has 0 unspecified atom stereocenters. The average molecular weight is 247 g/mol. The van der Waals surface area contributed by atoms with Gasteiger partial charge in [-0.2, -0.15) is 5.26 Å². The lowest BCUT2D eigenvalue weighted by Gasteiger charge is -2.28. The summed E-state index contributed by atoms with van der Waals surface area (Å²) in [5.41, 5.74) is 0.495. The zero-order valence-electron chi connectivity index (χ0n) is 10.4. The molecule has 1 aliphatic rings. The van der Waals surface area contributed by atoms with E-state index < -0.39 is 6.10 Å². The molecule has 1 fully saturated rings. The van der Waals surface area contributed by atoms with Crippen molar-refractivity contribution in [3.05, 3.63) is 23.8 Å². The van der Waals surface area contributed by atoms with E-state index in [2.05, 4.69) is 6.07 Å². The van der Waals surface area contributed by atoms with Crippen LogP contribution < -0.4 is 9.47 Å². The predicted molar refractivity (Wildman–Crippen MR) is 66.6 cm³/mol. The summed E-state index contributed by atoms with van der Waals surface area (Å²) < 4.78 is 10.9. The van der Waals surface area contributed by atoms with Crippen molar-refractivity contribution in [2.75, 3.05) is 7.11 Å². The van der Waals surface area contributed by atoms with E-state index in [0.717, 1.165) is 25.7 Å². The van der Waals surface area contributed by atoms with E-state index in [1.54, 1.807) is 25.3 Å². The van der Waals surface area contributed by atoms with Gasteiger partial charge < -0.3 is 14.6 Å². The third-order valence-corrected chi connectivity index (χ3v) is 3.20. The highest BCUT2D eigenvalue weighted by Crippen LogP contribution is 2.27. The van der Waals surface area contributed by atoms with Gasteiger partial charge in [0.25, 0.3) is 0 Å². The van der Waals surface area contributed by atoms with Crippen molar-refractivity contribution in [3.63, 3.8) is 0 Å². The summed E-state index contributed by atoms with van der Waals surface area (Å²) in [4.78, 5) is 0. The quantitative estimate of drug-likeness (QED) is 0.889. The van der Waals surface area contributed by atoms with Gasteiger partial charge in [-0.25, -0.2) is 0 Å². The Morgan fingerprint density at radius 1 is 1.22 bits per heavy atom. The first-order chi connectivity index (χ1) is 8.72. The molecule has 0 bridgehead atoms. The highest BCUT2D eigenvalue weighted by atomic mass is 16.5. The third-order valence-electron chi connectivity index (χ3n) is 3.20. The fraction of sp³-hybridized carbons (Fsp3) is 0.500. The summed E-state index contributed by atoms with van der Waals surface area (Å²) >= 11 is 0. The number of methoxy groups -OCH3 is 1. The van der Waals surface area contributed by atoms with E-state index in [4.69, 9.17) is 14.7 Å². The van der Waals surface area contributed by atoms with Crippen LogP contribution in [0.15, 0.2) is 18.2 Å². The van der Waals surface area contributed by atoms with Crippen LogP contribution in [0.2, 0.25) is 0 Å². The van der Waals surface area contributed by atoms with Crippen LogP contribution >= 0.6 is 0 Å². The largest absolute Gasteiger partial charge is 0.497 e. The zero-order chi connectivity index (χ0) is 13.0. The second-order valence-corrected chi connectivity index (χ2v) is 4.52. The number of rotatable bonds is 3. The number of ether oxygens (including phenoxy) is 2. The first kappa shape index (κ1) is 12.7. The van der Waals surface area contributed by atoms with E-state index in [9.17, 15) is 5.11 Å². The smallest absolute Gasteiger partial charge is 0.124 e. The predicted octanol–water partition coefficient (Wildman–Crippen LogP) is 2.25. The number of hydrogen-bond acceptors (Lipinski definition) is 4. The molecule has 0 aromatic heterocycles. The molecule has 18 heavy (non-hydrogen) atoms. The van der Waals surface area contributed by atoms with Crippen molar-refractivity contribution < 1.29 is 14.6 Å². The molecule has 4 heteroatoms. The molecule has 1 aromatic carbocycles. The van der Waals surface area contributed by atoms with Crippen molar-refractivity contribution >= 4 is 0 Å². The first-order valence-electron chi connectivity index (χ1n) is 6.17. The lowest BCUT2D eigenvalue weighted by Crippen LogP contribution is -2.34. The summed E-state index contributed by atoms with van der Waals surface area (Å²) in [7, 11) is 1.55. The summed E-state index contributed by atoms with van der Waals surface area (Å²) in [5.74, 6) is 1.17. The van der Waals surface area contributed by atoms with Gasteiger partial charge in [-0.05, 0) is 31.4 Å². The molecule has 2 atom stereocenters. The Morgan fingerprint density at radius 3 is 2.61 bits per heavy atom. The van der Waals surface area contributed by atoms with E-state index in [1.807, 2.05) is 0 Å². The van der Waals surface area contributed by atoms with Gasteiger partial charge in [-0.1, -0.05) is 6.42 Å². The molecular weight excluding hydrogens is 230 g/mol. The molecule has 0 saturated heterocycles. The summed E-state index contributed by atoms with van der Waals surface area (Å²) in [6.07, 6.45) is 3.13. The van der Waals surface area contributed by atoms with Crippen LogP contribution in [0.1, 0.15) is 31.2 Å². The Hall–Kier alpha value is -1.73. The van der Waals surface area contributed by atoms with Crippen LogP contribution in [0.5, 0.6) is 11.5 Å². The van der Waals surface area contributed by atoms with Crippen molar-refractivity contribution in [3.8, 4) is 17.6 Å². The number of nitrogens with zero attached hydrogens (tertiary/aromatic N) is 1. The average Bonchev–Trinajstić information content (AvgIpc) is 2.41. The minimum absolute atomic E-state index is 0.183. The fourth-order valence-electron chi connectivity index (χ4n) is 2.21. The second kappa shape index (κ2) is 5.74. The van der Waals surface area contributed by atoms with Crippen LogP contribution in [-0.4, -0.2) is 24.4 Å². The van der Waals surface area contributed by atoms with Gasteiger partial charge in [0.1, 0.15) is 17.6 Å². The van der Waals surface area contributed by atoms with Gasteiger partial charge in [0.05, 0.1) is 24.8 Å².